The zero-order valence-corrected chi connectivity index (χ0v) is 9.99. The molecule has 3 heteroatoms. The van der Waals surface area contributed by atoms with Crippen LogP contribution < -0.4 is 11.1 Å². The van der Waals surface area contributed by atoms with Crippen LogP contribution in [-0.4, -0.2) is 12.5 Å². The Bertz CT molecular complexity index is 332. The molecular weight excluding hydrogens is 200 g/mol. The van der Waals surface area contributed by atoms with Gasteiger partial charge in [0.15, 0.2) is 0 Å². The Kier molecular flexibility index (Phi) is 4.99. The molecule has 1 unspecified atom stereocenters. The van der Waals surface area contributed by atoms with Crippen molar-refractivity contribution < 1.29 is 4.79 Å². The maximum Gasteiger partial charge on any atom is 0.224 e. The maximum absolute atomic E-state index is 11.5. The molecule has 0 aliphatic carbocycles. The Morgan fingerprint density at radius 1 is 1.31 bits per heavy atom. The van der Waals surface area contributed by atoms with Crippen LogP contribution in [0.4, 0.5) is 0 Å². The molecule has 0 saturated heterocycles. The van der Waals surface area contributed by atoms with Crippen molar-refractivity contribution in [3.8, 4) is 0 Å². The Labute approximate surface area is 97.0 Å². The number of rotatable bonds is 5. The zero-order chi connectivity index (χ0) is 12.0. The largest absolute Gasteiger partial charge is 0.352 e. The summed E-state index contributed by atoms with van der Waals surface area (Å²) in [7, 11) is 0. The minimum absolute atomic E-state index is 0.0158. The second-order valence-electron chi connectivity index (χ2n) is 4.02. The Balaban J connectivity index is 2.45. The number of amides is 1. The number of nitrogens with one attached hydrogen (secondary N) is 1. The Morgan fingerprint density at radius 2 is 1.88 bits per heavy atom. The molecule has 3 N–H and O–H groups in total. The second kappa shape index (κ2) is 6.28. The van der Waals surface area contributed by atoms with Gasteiger partial charge < -0.3 is 11.1 Å². The molecular formula is C13H20N2O. The third-order valence-corrected chi connectivity index (χ3v) is 2.70. The van der Waals surface area contributed by atoms with Crippen molar-refractivity contribution in [3.05, 3.63) is 35.4 Å². The van der Waals surface area contributed by atoms with Gasteiger partial charge in [-0.05, 0) is 17.5 Å². The number of carbonyl (C=O) groups is 1. The molecule has 0 bridgehead atoms. The summed E-state index contributed by atoms with van der Waals surface area (Å²) >= 11 is 0. The number of carbonyl (C=O) groups excluding carboxylic acids is 1. The van der Waals surface area contributed by atoms with Gasteiger partial charge in [-0.1, -0.05) is 38.1 Å². The van der Waals surface area contributed by atoms with Crippen LogP contribution >= 0.6 is 0 Å². The molecule has 1 rings (SSSR count). The van der Waals surface area contributed by atoms with E-state index in [-0.39, 0.29) is 11.8 Å². The fraction of sp³-hybridized carbons (Fsp3) is 0.462. The van der Waals surface area contributed by atoms with E-state index in [1.54, 1.807) is 0 Å². The lowest BCUT2D eigenvalue weighted by atomic mass is 10.1. The SMILES string of the molecule is CCc1ccc(CNC(=O)C(C)CN)cc1. The lowest BCUT2D eigenvalue weighted by Crippen LogP contribution is -2.32. The van der Waals surface area contributed by atoms with E-state index >= 15 is 0 Å². The van der Waals surface area contributed by atoms with Gasteiger partial charge >= 0.3 is 0 Å². The topological polar surface area (TPSA) is 55.1 Å². The van der Waals surface area contributed by atoms with Gasteiger partial charge in [0.25, 0.3) is 0 Å². The fourth-order valence-electron chi connectivity index (χ4n) is 1.36. The minimum Gasteiger partial charge on any atom is -0.352 e. The smallest absolute Gasteiger partial charge is 0.224 e. The van der Waals surface area contributed by atoms with Gasteiger partial charge in [0, 0.05) is 19.0 Å². The van der Waals surface area contributed by atoms with Gasteiger partial charge in [0.1, 0.15) is 0 Å². The fourth-order valence-corrected chi connectivity index (χ4v) is 1.36. The minimum atomic E-state index is -0.116. The predicted molar refractivity (Wildman–Crippen MR) is 65.9 cm³/mol. The molecule has 1 aromatic carbocycles. The molecule has 0 aliphatic heterocycles. The summed E-state index contributed by atoms with van der Waals surface area (Å²) in [4.78, 5) is 11.5. The number of hydrogen-bond donors (Lipinski definition) is 2. The van der Waals surface area contributed by atoms with Crippen molar-refractivity contribution in [1.82, 2.24) is 5.32 Å². The summed E-state index contributed by atoms with van der Waals surface area (Å²) in [6.45, 7) is 4.92. The number of benzene rings is 1. The Morgan fingerprint density at radius 3 is 2.38 bits per heavy atom. The van der Waals surface area contributed by atoms with Gasteiger partial charge in [-0.3, -0.25) is 4.79 Å². The van der Waals surface area contributed by atoms with E-state index in [0.717, 1.165) is 12.0 Å². The second-order valence-corrected chi connectivity index (χ2v) is 4.02. The molecule has 0 heterocycles. The first-order chi connectivity index (χ1) is 7.67. The van der Waals surface area contributed by atoms with Gasteiger partial charge in [-0.25, -0.2) is 0 Å². The van der Waals surface area contributed by atoms with E-state index in [1.165, 1.54) is 5.56 Å². The van der Waals surface area contributed by atoms with Gasteiger partial charge in [0.2, 0.25) is 5.91 Å². The van der Waals surface area contributed by atoms with Gasteiger partial charge in [0.05, 0.1) is 0 Å². The quantitative estimate of drug-likeness (QED) is 0.789. The molecule has 0 saturated carbocycles. The molecule has 1 aromatic rings. The molecule has 0 spiro atoms. The highest BCUT2D eigenvalue weighted by Crippen LogP contribution is 2.05. The predicted octanol–water partition coefficient (Wildman–Crippen LogP) is 1.46. The molecule has 88 valence electrons. The standard InChI is InChI=1S/C13H20N2O/c1-3-11-4-6-12(7-5-11)9-15-13(16)10(2)8-14/h4-7,10H,3,8-9,14H2,1-2H3,(H,15,16). The third-order valence-electron chi connectivity index (χ3n) is 2.70. The third kappa shape index (κ3) is 3.66. The van der Waals surface area contributed by atoms with E-state index in [1.807, 2.05) is 19.1 Å². The number of nitrogens with two attached hydrogens (primary N) is 1. The lowest BCUT2D eigenvalue weighted by molar-refractivity contribution is -0.124. The van der Waals surface area contributed by atoms with E-state index in [9.17, 15) is 4.79 Å². The average molecular weight is 220 g/mol. The van der Waals surface area contributed by atoms with E-state index in [2.05, 4.69) is 24.4 Å². The van der Waals surface area contributed by atoms with Crippen molar-refractivity contribution in [2.45, 2.75) is 26.8 Å². The first-order valence-corrected chi connectivity index (χ1v) is 5.73. The molecule has 3 nitrogen and oxygen atoms in total. The monoisotopic (exact) mass is 220 g/mol. The first kappa shape index (κ1) is 12.7. The van der Waals surface area contributed by atoms with Crippen molar-refractivity contribution in [3.63, 3.8) is 0 Å². The van der Waals surface area contributed by atoms with Gasteiger partial charge in [-0.2, -0.15) is 0 Å². The summed E-state index contributed by atoms with van der Waals surface area (Å²) in [6.07, 6.45) is 1.04. The van der Waals surface area contributed by atoms with Crippen LogP contribution in [0.25, 0.3) is 0 Å². The van der Waals surface area contributed by atoms with Crippen molar-refractivity contribution in [1.29, 1.82) is 0 Å². The van der Waals surface area contributed by atoms with Crippen LogP contribution in [0.2, 0.25) is 0 Å². The van der Waals surface area contributed by atoms with E-state index in [0.29, 0.717) is 13.1 Å². The van der Waals surface area contributed by atoms with E-state index < -0.39 is 0 Å². The van der Waals surface area contributed by atoms with Crippen LogP contribution in [0.15, 0.2) is 24.3 Å². The molecule has 16 heavy (non-hydrogen) atoms. The lowest BCUT2D eigenvalue weighted by Gasteiger charge is -2.10. The summed E-state index contributed by atoms with van der Waals surface area (Å²) in [6, 6.07) is 8.28. The zero-order valence-electron chi connectivity index (χ0n) is 9.99. The number of aryl methyl sites for hydroxylation is 1. The first-order valence-electron chi connectivity index (χ1n) is 5.73. The highest BCUT2D eigenvalue weighted by molar-refractivity contribution is 5.78. The average Bonchev–Trinajstić information content (AvgIpc) is 2.35. The van der Waals surface area contributed by atoms with Gasteiger partial charge in [-0.15, -0.1) is 0 Å². The summed E-state index contributed by atoms with van der Waals surface area (Å²) in [5.74, 6) is -0.100. The Hall–Kier alpha value is -1.35. The molecule has 1 atom stereocenters. The molecule has 0 radical (unpaired) electrons. The summed E-state index contributed by atoms with van der Waals surface area (Å²) < 4.78 is 0. The van der Waals surface area contributed by atoms with Crippen LogP contribution in [0.3, 0.4) is 0 Å². The molecule has 0 aromatic heterocycles. The highest BCUT2D eigenvalue weighted by Gasteiger charge is 2.09. The molecule has 0 aliphatic rings. The molecule has 1 amide bonds. The van der Waals surface area contributed by atoms with Crippen molar-refractivity contribution >= 4 is 5.91 Å². The number of hydrogen-bond acceptors (Lipinski definition) is 2. The maximum atomic E-state index is 11.5. The van der Waals surface area contributed by atoms with Crippen molar-refractivity contribution in [2.24, 2.45) is 11.7 Å². The highest BCUT2D eigenvalue weighted by atomic mass is 16.1. The van der Waals surface area contributed by atoms with E-state index in [4.69, 9.17) is 5.73 Å². The van der Waals surface area contributed by atoms with Crippen LogP contribution in [0.1, 0.15) is 25.0 Å². The molecule has 0 fully saturated rings. The van der Waals surface area contributed by atoms with Crippen LogP contribution in [0.5, 0.6) is 0 Å². The van der Waals surface area contributed by atoms with Crippen LogP contribution in [0, 0.1) is 5.92 Å². The normalized spacial score (nSPS) is 12.2. The summed E-state index contributed by atoms with van der Waals surface area (Å²) in [5, 5.41) is 2.87. The van der Waals surface area contributed by atoms with Crippen molar-refractivity contribution in [2.75, 3.05) is 6.54 Å². The summed E-state index contributed by atoms with van der Waals surface area (Å²) in [5.41, 5.74) is 7.85. The van der Waals surface area contributed by atoms with Crippen LogP contribution in [-0.2, 0) is 17.8 Å².